The molecule has 1 aliphatic heterocycles. The van der Waals surface area contributed by atoms with Crippen molar-refractivity contribution >= 4 is 45.4 Å². The van der Waals surface area contributed by atoms with Gasteiger partial charge in [-0.15, -0.1) is 0 Å². The highest BCUT2D eigenvalue weighted by Crippen LogP contribution is 2.34. The van der Waals surface area contributed by atoms with Gasteiger partial charge in [0.1, 0.15) is 17.3 Å². The van der Waals surface area contributed by atoms with Crippen LogP contribution in [0, 0.1) is 0 Å². The van der Waals surface area contributed by atoms with E-state index in [1.165, 1.54) is 0 Å². The number of carbonyl (C=O) groups is 3. The Labute approximate surface area is 227 Å². The van der Waals surface area contributed by atoms with Crippen molar-refractivity contribution in [2.45, 2.75) is 52.2 Å². The second-order valence-electron chi connectivity index (χ2n) is 10.4. The van der Waals surface area contributed by atoms with E-state index in [0.717, 1.165) is 33.1 Å². The average Bonchev–Trinajstić information content (AvgIpc) is 3.20. The van der Waals surface area contributed by atoms with Gasteiger partial charge in [-0.3, -0.25) is 14.9 Å². The fraction of sp³-hybridized carbons (Fsp3) is 0.448. The van der Waals surface area contributed by atoms with E-state index < -0.39 is 17.7 Å². The number of ether oxygens (including phenoxy) is 3. The van der Waals surface area contributed by atoms with Crippen LogP contribution in [0.1, 0.15) is 52.1 Å². The number of alkyl carbamates (subject to hydrolysis) is 1. The van der Waals surface area contributed by atoms with Crippen molar-refractivity contribution in [3.8, 4) is 0 Å². The number of benzene rings is 1. The maximum atomic E-state index is 12.7. The highest BCUT2D eigenvalue weighted by molar-refractivity contribution is 6.09. The molecule has 0 saturated carbocycles. The van der Waals surface area contributed by atoms with Crippen LogP contribution in [0.25, 0.3) is 27.5 Å². The number of nitrogens with zero attached hydrogens (tertiary/aromatic N) is 2. The Hall–Kier alpha value is -3.76. The lowest BCUT2D eigenvalue weighted by Crippen LogP contribution is -2.41. The number of rotatable bonds is 10. The molecule has 1 saturated heterocycles. The highest BCUT2D eigenvalue weighted by atomic mass is 16.6. The van der Waals surface area contributed by atoms with E-state index in [4.69, 9.17) is 14.2 Å². The molecule has 1 unspecified atom stereocenters. The summed E-state index contributed by atoms with van der Waals surface area (Å²) in [7, 11) is 0. The van der Waals surface area contributed by atoms with Crippen molar-refractivity contribution < 1.29 is 28.6 Å². The molecule has 2 aromatic heterocycles. The Kier molecular flexibility index (Phi) is 8.98. The third-order valence-corrected chi connectivity index (χ3v) is 6.33. The lowest BCUT2D eigenvalue weighted by Gasteiger charge is -2.23. The van der Waals surface area contributed by atoms with Crippen LogP contribution in [-0.2, 0) is 23.8 Å². The maximum Gasteiger partial charge on any atom is 0.407 e. The summed E-state index contributed by atoms with van der Waals surface area (Å²) < 4.78 is 18.3. The van der Waals surface area contributed by atoms with Crippen molar-refractivity contribution in [2.75, 3.05) is 33.0 Å². The molecule has 0 aliphatic carbocycles. The third-order valence-electron chi connectivity index (χ3n) is 6.33. The summed E-state index contributed by atoms with van der Waals surface area (Å²) in [5, 5.41) is 7.09. The Morgan fingerprint density at radius 2 is 1.95 bits per heavy atom. The van der Waals surface area contributed by atoms with Crippen LogP contribution in [0.4, 0.5) is 4.79 Å². The molecule has 0 radical (unpaired) electrons. The fourth-order valence-electron chi connectivity index (χ4n) is 4.51. The Bertz CT molecular complexity index is 1390. The smallest absolute Gasteiger partial charge is 0.407 e. The summed E-state index contributed by atoms with van der Waals surface area (Å²) in [6.07, 6.45) is 3.99. The summed E-state index contributed by atoms with van der Waals surface area (Å²) in [5.41, 5.74) is 3.14. The summed E-state index contributed by atoms with van der Waals surface area (Å²) in [4.78, 5) is 40.6. The second-order valence-corrected chi connectivity index (χ2v) is 10.4. The fourth-order valence-corrected chi connectivity index (χ4v) is 4.51. The zero-order valence-corrected chi connectivity index (χ0v) is 22.9. The molecule has 1 aromatic carbocycles. The second kappa shape index (κ2) is 12.4. The van der Waals surface area contributed by atoms with Gasteiger partial charge in [0.15, 0.2) is 0 Å². The van der Waals surface area contributed by atoms with E-state index in [1.54, 1.807) is 6.20 Å². The standard InChI is InChI=1S/C29H36N4O6/c1-19(11-14-37-16-17-38-15-13-31-28(36)39-29(2,3)4)20-7-8-21-22-6-5-12-30-26(22)33(24(21)18-20)23-9-10-25(34)32-27(23)35/h5-8,11-12,18,23H,9-10,13-17H2,1-4H3,(H,31,36)(H,32,34,35)/b19-11+. The monoisotopic (exact) mass is 536 g/mol. The number of hydrogen-bond donors (Lipinski definition) is 2. The summed E-state index contributed by atoms with van der Waals surface area (Å²) in [6, 6.07) is 9.55. The number of allylic oxidation sites excluding steroid dienone is 1. The van der Waals surface area contributed by atoms with E-state index in [1.807, 2.05) is 50.5 Å². The van der Waals surface area contributed by atoms with Gasteiger partial charge in [0, 0.05) is 29.9 Å². The van der Waals surface area contributed by atoms with E-state index in [2.05, 4.69) is 33.8 Å². The van der Waals surface area contributed by atoms with Crippen LogP contribution < -0.4 is 10.6 Å². The molecular formula is C29H36N4O6. The van der Waals surface area contributed by atoms with E-state index >= 15 is 0 Å². The minimum absolute atomic E-state index is 0.243. The van der Waals surface area contributed by atoms with E-state index in [0.29, 0.717) is 45.8 Å². The summed E-state index contributed by atoms with van der Waals surface area (Å²) in [5.74, 6) is -0.545. The van der Waals surface area contributed by atoms with Crippen molar-refractivity contribution in [3.63, 3.8) is 0 Å². The highest BCUT2D eigenvalue weighted by Gasteiger charge is 2.31. The summed E-state index contributed by atoms with van der Waals surface area (Å²) in [6.45, 7) is 9.43. The minimum atomic E-state index is -0.528. The lowest BCUT2D eigenvalue weighted by atomic mass is 10.0. The van der Waals surface area contributed by atoms with Crippen molar-refractivity contribution in [3.05, 3.63) is 48.2 Å². The predicted molar refractivity (Wildman–Crippen MR) is 148 cm³/mol. The molecule has 10 heteroatoms. The first-order valence-corrected chi connectivity index (χ1v) is 13.2. The first-order valence-electron chi connectivity index (χ1n) is 13.2. The molecule has 1 atom stereocenters. The lowest BCUT2D eigenvalue weighted by molar-refractivity contribution is -0.135. The normalized spacial score (nSPS) is 16.5. The number of imide groups is 1. The van der Waals surface area contributed by atoms with Gasteiger partial charge >= 0.3 is 6.09 Å². The molecule has 0 spiro atoms. The zero-order valence-electron chi connectivity index (χ0n) is 22.9. The molecule has 4 rings (SSSR count). The largest absolute Gasteiger partial charge is 0.444 e. The third kappa shape index (κ3) is 7.21. The molecule has 208 valence electrons. The Morgan fingerprint density at radius 1 is 1.15 bits per heavy atom. The average molecular weight is 537 g/mol. The molecule has 3 aromatic rings. The van der Waals surface area contributed by atoms with Crippen molar-refractivity contribution in [2.24, 2.45) is 0 Å². The zero-order chi connectivity index (χ0) is 28.0. The molecule has 3 heterocycles. The Morgan fingerprint density at radius 3 is 2.72 bits per heavy atom. The predicted octanol–water partition coefficient (Wildman–Crippen LogP) is 4.13. The topological polar surface area (TPSA) is 121 Å². The number of nitrogens with one attached hydrogen (secondary N) is 2. The van der Waals surface area contributed by atoms with Crippen LogP contribution in [0.5, 0.6) is 0 Å². The van der Waals surface area contributed by atoms with Gasteiger partial charge < -0.3 is 24.1 Å². The van der Waals surface area contributed by atoms with Gasteiger partial charge in [0.25, 0.3) is 0 Å². The van der Waals surface area contributed by atoms with Gasteiger partial charge in [0.2, 0.25) is 11.8 Å². The number of hydrogen-bond acceptors (Lipinski definition) is 7. The molecular weight excluding hydrogens is 500 g/mol. The molecule has 2 N–H and O–H groups in total. The van der Waals surface area contributed by atoms with Gasteiger partial charge in [-0.1, -0.05) is 18.2 Å². The van der Waals surface area contributed by atoms with Crippen LogP contribution in [0.15, 0.2) is 42.6 Å². The van der Waals surface area contributed by atoms with E-state index in [-0.39, 0.29) is 11.8 Å². The van der Waals surface area contributed by atoms with Gasteiger partial charge in [-0.05, 0) is 63.5 Å². The Balaban J connectivity index is 1.34. The number of piperidine rings is 1. The first kappa shape index (κ1) is 28.3. The molecule has 0 bridgehead atoms. The number of carbonyl (C=O) groups excluding carboxylic acids is 3. The number of amides is 3. The first-order chi connectivity index (χ1) is 18.6. The van der Waals surface area contributed by atoms with Crippen LogP contribution in [-0.4, -0.2) is 66.0 Å². The number of pyridine rings is 1. The SMILES string of the molecule is C/C(=C\COCCOCCNC(=O)OC(C)(C)C)c1ccc2c3cccnc3n(C3CCC(=O)NC3=O)c2c1. The van der Waals surface area contributed by atoms with Crippen molar-refractivity contribution in [1.82, 2.24) is 20.2 Å². The van der Waals surface area contributed by atoms with Crippen LogP contribution >= 0.6 is 0 Å². The number of aromatic nitrogens is 2. The quantitative estimate of drug-likeness (QED) is 0.295. The molecule has 1 fully saturated rings. The summed E-state index contributed by atoms with van der Waals surface area (Å²) >= 11 is 0. The molecule has 39 heavy (non-hydrogen) atoms. The van der Waals surface area contributed by atoms with Gasteiger partial charge in [-0.2, -0.15) is 0 Å². The maximum absolute atomic E-state index is 12.7. The van der Waals surface area contributed by atoms with Crippen LogP contribution in [0.2, 0.25) is 0 Å². The molecule has 10 nitrogen and oxygen atoms in total. The van der Waals surface area contributed by atoms with Crippen LogP contribution in [0.3, 0.4) is 0 Å². The van der Waals surface area contributed by atoms with Gasteiger partial charge in [-0.25, -0.2) is 9.78 Å². The van der Waals surface area contributed by atoms with Gasteiger partial charge in [0.05, 0.1) is 31.9 Å². The van der Waals surface area contributed by atoms with E-state index in [9.17, 15) is 14.4 Å². The number of fused-ring (bicyclic) bond motifs is 3. The molecule has 3 amide bonds. The van der Waals surface area contributed by atoms with Crippen molar-refractivity contribution in [1.29, 1.82) is 0 Å². The molecule has 1 aliphatic rings. The minimum Gasteiger partial charge on any atom is -0.444 e.